The fourth-order valence-electron chi connectivity index (χ4n) is 2.62. The fraction of sp³-hybridized carbons (Fsp3) is 0.615. The number of nitrogens with zero attached hydrogens (tertiary/aromatic N) is 2. The lowest BCUT2D eigenvalue weighted by atomic mass is 9.94. The summed E-state index contributed by atoms with van der Waals surface area (Å²) >= 11 is 4.35. The minimum absolute atomic E-state index is 0.0239. The third kappa shape index (κ3) is 3.58. The van der Waals surface area contributed by atoms with Gasteiger partial charge in [0.15, 0.2) is 0 Å². The van der Waals surface area contributed by atoms with Crippen LogP contribution in [0, 0.1) is 10.1 Å². The van der Waals surface area contributed by atoms with Crippen LogP contribution in [0.5, 0.6) is 0 Å². The number of nitro groups is 1. The van der Waals surface area contributed by atoms with Gasteiger partial charge in [0.1, 0.15) is 0 Å². The molecule has 1 heterocycles. The highest BCUT2D eigenvalue weighted by molar-refractivity contribution is 9.09. The Morgan fingerprint density at radius 2 is 2.10 bits per heavy atom. The van der Waals surface area contributed by atoms with Gasteiger partial charge in [-0.15, -0.1) is 0 Å². The van der Waals surface area contributed by atoms with Crippen molar-refractivity contribution in [3.8, 4) is 0 Å². The van der Waals surface area contributed by atoms with E-state index in [9.17, 15) is 14.9 Å². The highest BCUT2D eigenvalue weighted by Gasteiger charge is 2.27. The minimum Gasteiger partial charge on any atom is -0.334 e. The van der Waals surface area contributed by atoms with E-state index in [1.54, 1.807) is 6.07 Å². The molecule has 1 aliphatic carbocycles. The summed E-state index contributed by atoms with van der Waals surface area (Å²) in [7, 11) is 0. The van der Waals surface area contributed by atoms with Crippen LogP contribution in [-0.2, 0) is 0 Å². The molecule has 0 N–H and O–H groups in total. The van der Waals surface area contributed by atoms with Gasteiger partial charge in [-0.05, 0) is 18.9 Å². The highest BCUT2D eigenvalue weighted by atomic mass is 79.9. The van der Waals surface area contributed by atoms with Gasteiger partial charge in [-0.25, -0.2) is 0 Å². The average Bonchev–Trinajstić information content (AvgIpc) is 2.95. The molecule has 0 bridgehead atoms. The second-order valence-electron chi connectivity index (χ2n) is 4.87. The van der Waals surface area contributed by atoms with E-state index < -0.39 is 4.92 Å². The van der Waals surface area contributed by atoms with Crippen molar-refractivity contribution < 1.29 is 9.72 Å². The van der Waals surface area contributed by atoms with Gasteiger partial charge >= 0.3 is 5.00 Å². The molecular weight excluding hydrogens is 344 g/mol. The molecule has 0 atom stereocenters. The molecule has 1 aromatic rings. The molecule has 1 aromatic heterocycles. The summed E-state index contributed by atoms with van der Waals surface area (Å²) in [6, 6.07) is 3.25. The second kappa shape index (κ2) is 7.17. The van der Waals surface area contributed by atoms with Crippen LogP contribution in [0.3, 0.4) is 0 Å². The first-order valence-electron chi connectivity index (χ1n) is 6.74. The Bertz CT molecular complexity index is 486. The molecule has 0 aliphatic heterocycles. The predicted octanol–water partition coefficient (Wildman–Crippen LogP) is 3.83. The number of amides is 1. The van der Waals surface area contributed by atoms with Gasteiger partial charge in [0.25, 0.3) is 5.91 Å². The molecule has 1 saturated carbocycles. The molecule has 0 radical (unpaired) electrons. The van der Waals surface area contributed by atoms with Crippen molar-refractivity contribution in [3.63, 3.8) is 0 Å². The van der Waals surface area contributed by atoms with E-state index in [0.717, 1.165) is 42.4 Å². The molecule has 1 fully saturated rings. The summed E-state index contributed by atoms with van der Waals surface area (Å²) < 4.78 is 0. The zero-order valence-electron chi connectivity index (χ0n) is 11.1. The fourth-order valence-corrected chi connectivity index (χ4v) is 3.77. The number of halogens is 1. The van der Waals surface area contributed by atoms with Crippen molar-refractivity contribution in [2.75, 3.05) is 11.9 Å². The third-order valence-electron chi connectivity index (χ3n) is 3.58. The molecule has 110 valence electrons. The molecule has 0 unspecified atom stereocenters. The lowest BCUT2D eigenvalue weighted by Crippen LogP contribution is -2.42. The van der Waals surface area contributed by atoms with Gasteiger partial charge < -0.3 is 4.90 Å². The SMILES string of the molecule is O=C(c1ccc([N+](=O)[O-])s1)N(CCBr)C1CCCCC1. The zero-order valence-corrected chi connectivity index (χ0v) is 13.5. The van der Waals surface area contributed by atoms with Crippen molar-refractivity contribution in [2.45, 2.75) is 38.1 Å². The second-order valence-corrected chi connectivity index (χ2v) is 6.73. The minimum atomic E-state index is -0.448. The van der Waals surface area contributed by atoms with E-state index >= 15 is 0 Å². The first-order valence-corrected chi connectivity index (χ1v) is 8.68. The summed E-state index contributed by atoms with van der Waals surface area (Å²) in [4.78, 5) is 25.2. The summed E-state index contributed by atoms with van der Waals surface area (Å²) in [5.74, 6) is -0.0746. The van der Waals surface area contributed by atoms with Crippen molar-refractivity contribution in [1.29, 1.82) is 0 Å². The van der Waals surface area contributed by atoms with Crippen molar-refractivity contribution in [2.24, 2.45) is 0 Å². The van der Waals surface area contributed by atoms with Crippen LogP contribution in [0.15, 0.2) is 12.1 Å². The third-order valence-corrected chi connectivity index (χ3v) is 4.96. The predicted molar refractivity (Wildman–Crippen MR) is 82.7 cm³/mol. The quantitative estimate of drug-likeness (QED) is 0.455. The molecule has 1 amide bonds. The van der Waals surface area contributed by atoms with Crippen LogP contribution in [0.4, 0.5) is 5.00 Å². The topological polar surface area (TPSA) is 63.4 Å². The summed E-state index contributed by atoms with van der Waals surface area (Å²) in [5.41, 5.74) is 0. The van der Waals surface area contributed by atoms with Crippen molar-refractivity contribution in [1.82, 2.24) is 4.90 Å². The van der Waals surface area contributed by atoms with E-state index in [1.807, 2.05) is 4.90 Å². The number of alkyl halides is 1. The van der Waals surface area contributed by atoms with Crippen LogP contribution in [0.1, 0.15) is 41.8 Å². The molecule has 2 rings (SSSR count). The molecule has 5 nitrogen and oxygen atoms in total. The molecule has 1 aliphatic rings. The zero-order chi connectivity index (χ0) is 14.5. The molecule has 0 aromatic carbocycles. The van der Waals surface area contributed by atoms with E-state index in [1.165, 1.54) is 12.5 Å². The average molecular weight is 361 g/mol. The Morgan fingerprint density at radius 1 is 1.40 bits per heavy atom. The van der Waals surface area contributed by atoms with Crippen molar-refractivity contribution in [3.05, 3.63) is 27.1 Å². The molecule has 0 spiro atoms. The lowest BCUT2D eigenvalue weighted by Gasteiger charge is -2.33. The Labute approximate surface area is 130 Å². The standard InChI is InChI=1S/C13H17BrN2O3S/c14-8-9-15(10-4-2-1-3-5-10)13(17)11-6-7-12(20-11)16(18)19/h6-7,10H,1-5,8-9H2. The maximum atomic E-state index is 12.6. The maximum absolute atomic E-state index is 12.6. The number of thiophene rings is 1. The summed E-state index contributed by atoms with van der Waals surface area (Å²) in [5, 5.41) is 11.5. The highest BCUT2D eigenvalue weighted by Crippen LogP contribution is 2.28. The number of carbonyl (C=O) groups excluding carboxylic acids is 1. The van der Waals surface area contributed by atoms with E-state index in [-0.39, 0.29) is 17.0 Å². The lowest BCUT2D eigenvalue weighted by molar-refractivity contribution is -0.380. The van der Waals surface area contributed by atoms with Gasteiger partial charge in [-0.2, -0.15) is 0 Å². The number of hydrogen-bond donors (Lipinski definition) is 0. The van der Waals surface area contributed by atoms with Gasteiger partial charge in [-0.1, -0.05) is 46.5 Å². The van der Waals surface area contributed by atoms with Crippen LogP contribution in [0.25, 0.3) is 0 Å². The number of hydrogen-bond acceptors (Lipinski definition) is 4. The molecule has 20 heavy (non-hydrogen) atoms. The summed E-state index contributed by atoms with van der Waals surface area (Å²) in [6.07, 6.45) is 5.61. The molecule has 7 heteroatoms. The first-order chi connectivity index (χ1) is 9.63. The van der Waals surface area contributed by atoms with Gasteiger partial charge in [0.05, 0.1) is 9.80 Å². The number of carbonyl (C=O) groups is 1. The first kappa shape index (κ1) is 15.4. The smallest absolute Gasteiger partial charge is 0.324 e. The van der Waals surface area contributed by atoms with Gasteiger partial charge in [0.2, 0.25) is 0 Å². The Morgan fingerprint density at radius 3 is 2.65 bits per heavy atom. The van der Waals surface area contributed by atoms with E-state index in [4.69, 9.17) is 0 Å². The van der Waals surface area contributed by atoms with Crippen molar-refractivity contribution >= 4 is 38.2 Å². The Kier molecular flexibility index (Phi) is 5.54. The van der Waals surface area contributed by atoms with Crippen LogP contribution in [-0.4, -0.2) is 33.6 Å². The monoisotopic (exact) mass is 360 g/mol. The Balaban J connectivity index is 2.14. The molecule has 0 saturated heterocycles. The normalized spacial score (nSPS) is 16.1. The van der Waals surface area contributed by atoms with Crippen LogP contribution in [0.2, 0.25) is 0 Å². The maximum Gasteiger partial charge on any atom is 0.324 e. The summed E-state index contributed by atoms with van der Waals surface area (Å²) in [6.45, 7) is 0.648. The van der Waals surface area contributed by atoms with E-state index in [0.29, 0.717) is 11.4 Å². The molecular formula is C13H17BrN2O3S. The van der Waals surface area contributed by atoms with Gasteiger partial charge in [-0.3, -0.25) is 14.9 Å². The Hall–Kier alpha value is -0.950. The van der Waals surface area contributed by atoms with Crippen LogP contribution < -0.4 is 0 Å². The number of rotatable bonds is 5. The largest absolute Gasteiger partial charge is 0.334 e. The van der Waals surface area contributed by atoms with Crippen LogP contribution >= 0.6 is 27.3 Å². The van der Waals surface area contributed by atoms with E-state index in [2.05, 4.69) is 15.9 Å². The van der Waals surface area contributed by atoms with Gasteiger partial charge in [0, 0.05) is 24.0 Å².